The third-order valence-electron chi connectivity index (χ3n) is 4.48. The molecule has 1 unspecified atom stereocenters. The normalized spacial score (nSPS) is 21.4. The summed E-state index contributed by atoms with van der Waals surface area (Å²) in [7, 11) is 0. The molecule has 0 bridgehead atoms. The van der Waals surface area contributed by atoms with Crippen LogP contribution in [0.3, 0.4) is 0 Å². The lowest BCUT2D eigenvalue weighted by Gasteiger charge is -2.29. The van der Waals surface area contributed by atoms with Crippen molar-refractivity contribution in [1.29, 1.82) is 0 Å². The van der Waals surface area contributed by atoms with E-state index in [-0.39, 0.29) is 11.7 Å². The highest BCUT2D eigenvalue weighted by Crippen LogP contribution is 2.23. The quantitative estimate of drug-likeness (QED) is 0.871. The van der Waals surface area contributed by atoms with Crippen LogP contribution < -0.4 is 15.5 Å². The van der Waals surface area contributed by atoms with Crippen LogP contribution in [0.25, 0.3) is 0 Å². The van der Waals surface area contributed by atoms with Gasteiger partial charge in [-0.2, -0.15) is 0 Å². The summed E-state index contributed by atoms with van der Waals surface area (Å²) in [5.74, 6) is 0.205. The minimum atomic E-state index is -0.329. The number of nitrogens with zero attached hydrogens (tertiary/aromatic N) is 1. The molecule has 2 N–H and O–H groups in total. The second kappa shape index (κ2) is 7.75. The van der Waals surface area contributed by atoms with Gasteiger partial charge in [0.15, 0.2) is 0 Å². The van der Waals surface area contributed by atoms with E-state index in [0.29, 0.717) is 31.2 Å². The zero-order chi connectivity index (χ0) is 16.1. The number of anilines is 2. The van der Waals surface area contributed by atoms with Crippen LogP contribution >= 0.6 is 0 Å². The number of hydrogen-bond donors (Lipinski definition) is 2. The number of carbonyl (C=O) groups is 1. The van der Waals surface area contributed by atoms with Crippen molar-refractivity contribution < 1.29 is 13.9 Å². The topological polar surface area (TPSA) is 53.6 Å². The molecule has 3 rings (SSSR count). The average molecular weight is 321 g/mol. The van der Waals surface area contributed by atoms with Crippen molar-refractivity contribution in [3.63, 3.8) is 0 Å². The van der Waals surface area contributed by atoms with Crippen molar-refractivity contribution in [3.8, 4) is 0 Å². The summed E-state index contributed by atoms with van der Waals surface area (Å²) < 4.78 is 19.2. The molecule has 2 fully saturated rings. The molecule has 0 saturated carbocycles. The first-order valence-electron chi connectivity index (χ1n) is 8.34. The van der Waals surface area contributed by atoms with E-state index in [1.54, 1.807) is 0 Å². The molecule has 2 saturated heterocycles. The number of hydrogen-bond acceptors (Lipinski definition) is 4. The largest absolute Gasteiger partial charge is 0.378 e. The third kappa shape index (κ3) is 4.65. The molecule has 1 amide bonds. The van der Waals surface area contributed by atoms with Crippen molar-refractivity contribution in [1.82, 2.24) is 5.32 Å². The number of nitrogens with one attached hydrogen (secondary N) is 2. The molecule has 126 valence electrons. The maximum absolute atomic E-state index is 13.8. The van der Waals surface area contributed by atoms with E-state index < -0.39 is 0 Å². The van der Waals surface area contributed by atoms with Gasteiger partial charge in [-0.3, -0.25) is 4.79 Å². The fraction of sp³-hybridized carbons (Fsp3) is 0.588. The number of benzene rings is 1. The molecule has 2 aliphatic heterocycles. The van der Waals surface area contributed by atoms with Crippen LogP contribution in [0.15, 0.2) is 18.2 Å². The van der Waals surface area contributed by atoms with Crippen LogP contribution in [0, 0.1) is 11.7 Å². The summed E-state index contributed by atoms with van der Waals surface area (Å²) in [5, 5.41) is 6.13. The van der Waals surface area contributed by atoms with Gasteiger partial charge in [0.25, 0.3) is 0 Å². The van der Waals surface area contributed by atoms with Crippen LogP contribution in [-0.2, 0) is 9.53 Å². The van der Waals surface area contributed by atoms with Gasteiger partial charge in [-0.15, -0.1) is 0 Å². The van der Waals surface area contributed by atoms with Crippen LogP contribution in [0.5, 0.6) is 0 Å². The Hall–Kier alpha value is -1.66. The summed E-state index contributed by atoms with van der Waals surface area (Å²) >= 11 is 0. The monoisotopic (exact) mass is 321 g/mol. The Morgan fingerprint density at radius 1 is 1.35 bits per heavy atom. The van der Waals surface area contributed by atoms with E-state index in [4.69, 9.17) is 4.74 Å². The first-order valence-corrected chi connectivity index (χ1v) is 8.34. The maximum atomic E-state index is 13.8. The lowest BCUT2D eigenvalue weighted by Crippen LogP contribution is -2.36. The minimum absolute atomic E-state index is 0.0459. The number of amides is 1. The smallest absolute Gasteiger partial charge is 0.224 e. The standard InChI is InChI=1S/C17H24FN3O2/c18-14-9-15(11-16(10-14)21-5-7-23-8-6-21)20-17(22)2-1-13-3-4-19-12-13/h9-11,13,19H,1-8,12H2,(H,20,22). The van der Waals surface area contributed by atoms with Crippen LogP contribution in [-0.4, -0.2) is 45.3 Å². The maximum Gasteiger partial charge on any atom is 0.224 e. The number of morpholine rings is 1. The number of ether oxygens (including phenoxy) is 1. The van der Waals surface area contributed by atoms with Crippen molar-refractivity contribution in [2.24, 2.45) is 5.92 Å². The van der Waals surface area contributed by atoms with Gasteiger partial charge in [-0.1, -0.05) is 0 Å². The summed E-state index contributed by atoms with van der Waals surface area (Å²) in [4.78, 5) is 14.2. The third-order valence-corrected chi connectivity index (χ3v) is 4.48. The van der Waals surface area contributed by atoms with Crippen molar-refractivity contribution in [2.45, 2.75) is 19.3 Å². The van der Waals surface area contributed by atoms with E-state index in [0.717, 1.165) is 44.7 Å². The van der Waals surface area contributed by atoms with Crippen LogP contribution in [0.4, 0.5) is 15.8 Å². The van der Waals surface area contributed by atoms with Gasteiger partial charge >= 0.3 is 0 Å². The number of rotatable bonds is 5. The second-order valence-electron chi connectivity index (χ2n) is 6.24. The fourth-order valence-electron chi connectivity index (χ4n) is 3.17. The van der Waals surface area contributed by atoms with Crippen molar-refractivity contribution in [3.05, 3.63) is 24.0 Å². The van der Waals surface area contributed by atoms with Gasteiger partial charge in [0.1, 0.15) is 5.82 Å². The van der Waals surface area contributed by atoms with Crippen molar-refractivity contribution in [2.75, 3.05) is 49.6 Å². The number of halogens is 1. The first kappa shape index (κ1) is 16.2. The molecule has 2 aliphatic rings. The molecular weight excluding hydrogens is 297 g/mol. The highest BCUT2D eigenvalue weighted by atomic mass is 19.1. The molecule has 6 heteroatoms. The predicted octanol–water partition coefficient (Wildman–Crippen LogP) is 1.99. The Balaban J connectivity index is 1.57. The lowest BCUT2D eigenvalue weighted by atomic mass is 10.0. The van der Waals surface area contributed by atoms with Gasteiger partial charge in [0.05, 0.1) is 13.2 Å². The van der Waals surface area contributed by atoms with E-state index in [9.17, 15) is 9.18 Å². The Bertz CT molecular complexity index is 541. The Morgan fingerprint density at radius 3 is 2.91 bits per heavy atom. The first-order chi connectivity index (χ1) is 11.2. The molecule has 0 spiro atoms. The fourth-order valence-corrected chi connectivity index (χ4v) is 3.17. The molecule has 0 aromatic heterocycles. The zero-order valence-electron chi connectivity index (χ0n) is 13.3. The highest BCUT2D eigenvalue weighted by molar-refractivity contribution is 5.91. The molecule has 0 aliphatic carbocycles. The average Bonchev–Trinajstić information content (AvgIpc) is 3.07. The zero-order valence-corrected chi connectivity index (χ0v) is 13.3. The van der Waals surface area contributed by atoms with Gasteiger partial charge in [0.2, 0.25) is 5.91 Å². The van der Waals surface area contributed by atoms with Gasteiger partial charge in [-0.05, 0) is 50.0 Å². The van der Waals surface area contributed by atoms with Crippen LogP contribution in [0.1, 0.15) is 19.3 Å². The molecule has 23 heavy (non-hydrogen) atoms. The Kier molecular flexibility index (Phi) is 5.46. The summed E-state index contributed by atoms with van der Waals surface area (Å²) in [6.45, 7) is 4.81. The summed E-state index contributed by atoms with van der Waals surface area (Å²) in [6.07, 6.45) is 2.49. The minimum Gasteiger partial charge on any atom is -0.378 e. The van der Waals surface area contributed by atoms with Gasteiger partial charge < -0.3 is 20.3 Å². The molecule has 1 aromatic rings. The predicted molar refractivity (Wildman–Crippen MR) is 88.3 cm³/mol. The Labute approximate surface area is 136 Å². The Morgan fingerprint density at radius 2 is 2.17 bits per heavy atom. The number of carbonyl (C=O) groups excluding carboxylic acids is 1. The van der Waals surface area contributed by atoms with E-state index in [2.05, 4.69) is 15.5 Å². The lowest BCUT2D eigenvalue weighted by molar-refractivity contribution is -0.116. The van der Waals surface area contributed by atoms with Gasteiger partial charge in [-0.25, -0.2) is 4.39 Å². The molecule has 5 nitrogen and oxygen atoms in total. The highest BCUT2D eigenvalue weighted by Gasteiger charge is 2.17. The second-order valence-corrected chi connectivity index (χ2v) is 6.24. The van der Waals surface area contributed by atoms with Crippen molar-refractivity contribution >= 4 is 17.3 Å². The summed E-state index contributed by atoms with van der Waals surface area (Å²) in [5.41, 5.74) is 1.32. The van der Waals surface area contributed by atoms with Gasteiger partial charge in [0, 0.05) is 30.9 Å². The van der Waals surface area contributed by atoms with Crippen LogP contribution in [0.2, 0.25) is 0 Å². The molecule has 2 heterocycles. The van der Waals surface area contributed by atoms with E-state index >= 15 is 0 Å². The summed E-state index contributed by atoms with van der Waals surface area (Å²) in [6, 6.07) is 4.72. The molecule has 1 aromatic carbocycles. The van der Waals surface area contributed by atoms with E-state index in [1.165, 1.54) is 12.1 Å². The SMILES string of the molecule is O=C(CCC1CCNC1)Nc1cc(F)cc(N2CCOCC2)c1. The molecule has 1 atom stereocenters. The molecular formula is C17H24FN3O2. The van der Waals surface area contributed by atoms with E-state index in [1.807, 2.05) is 6.07 Å². The molecule has 0 radical (unpaired) electrons.